The number of piperazine rings is 1. The highest BCUT2D eigenvalue weighted by Crippen LogP contribution is 2.17. The quantitative estimate of drug-likeness (QED) is 0.675. The van der Waals surface area contributed by atoms with Gasteiger partial charge in [0.05, 0.1) is 12.2 Å². The van der Waals surface area contributed by atoms with E-state index in [0.29, 0.717) is 11.3 Å². The van der Waals surface area contributed by atoms with Crippen molar-refractivity contribution in [2.24, 2.45) is 0 Å². The van der Waals surface area contributed by atoms with E-state index in [9.17, 15) is 4.39 Å². The van der Waals surface area contributed by atoms with E-state index in [-0.39, 0.29) is 5.82 Å². The Balaban J connectivity index is 1.44. The number of hydrogen-bond acceptors (Lipinski definition) is 5. The zero-order valence-electron chi connectivity index (χ0n) is 13.7. The second-order valence-corrected chi connectivity index (χ2v) is 6.52. The van der Waals surface area contributed by atoms with Crippen molar-refractivity contribution in [3.63, 3.8) is 0 Å². The molecule has 7 heteroatoms. The van der Waals surface area contributed by atoms with Crippen molar-refractivity contribution < 1.29 is 4.39 Å². The Morgan fingerprint density at radius 2 is 1.68 bits per heavy atom. The third-order valence-corrected chi connectivity index (χ3v) is 4.96. The molecule has 1 aromatic heterocycles. The van der Waals surface area contributed by atoms with E-state index < -0.39 is 0 Å². The first kappa shape index (κ1) is 16.1. The summed E-state index contributed by atoms with van der Waals surface area (Å²) in [6.45, 7) is 4.20. The Hall–Kier alpha value is -2.38. The van der Waals surface area contributed by atoms with E-state index in [0.717, 1.165) is 42.8 Å². The van der Waals surface area contributed by atoms with Crippen LogP contribution >= 0.6 is 12.2 Å². The van der Waals surface area contributed by atoms with Gasteiger partial charge in [-0.05, 0) is 36.4 Å². The van der Waals surface area contributed by atoms with Gasteiger partial charge in [0, 0.05) is 37.3 Å². The molecule has 1 fully saturated rings. The summed E-state index contributed by atoms with van der Waals surface area (Å²) in [5.74, 6) is -0.202. The molecule has 25 heavy (non-hydrogen) atoms. The van der Waals surface area contributed by atoms with E-state index in [1.165, 1.54) is 12.1 Å². The molecule has 5 nitrogen and oxygen atoms in total. The number of anilines is 1. The number of rotatable bonds is 3. The number of hydrogen-bond donors (Lipinski definition) is 0. The lowest BCUT2D eigenvalue weighted by Crippen LogP contribution is -2.47. The zero-order chi connectivity index (χ0) is 17.2. The second kappa shape index (κ2) is 6.85. The molecule has 0 spiro atoms. The highest BCUT2D eigenvalue weighted by molar-refractivity contribution is 7.71. The van der Waals surface area contributed by atoms with Crippen molar-refractivity contribution >= 4 is 28.8 Å². The van der Waals surface area contributed by atoms with Gasteiger partial charge in [-0.1, -0.05) is 29.6 Å². The van der Waals surface area contributed by atoms with Crippen LogP contribution in [0.1, 0.15) is 0 Å². The van der Waals surface area contributed by atoms with Gasteiger partial charge in [0.1, 0.15) is 10.5 Å². The average molecular weight is 355 g/mol. The number of benzene rings is 2. The van der Waals surface area contributed by atoms with Crippen LogP contribution in [0.5, 0.6) is 0 Å². The Bertz CT molecular complexity index is 932. The van der Waals surface area contributed by atoms with Crippen molar-refractivity contribution in [1.29, 1.82) is 0 Å². The highest BCUT2D eigenvalue weighted by Gasteiger charge is 2.18. The zero-order valence-corrected chi connectivity index (χ0v) is 14.5. The molecule has 0 radical (unpaired) electrons. The van der Waals surface area contributed by atoms with Gasteiger partial charge in [0.2, 0.25) is 0 Å². The molecular weight excluding hydrogens is 337 g/mol. The largest absolute Gasteiger partial charge is 0.369 e. The molecule has 0 bridgehead atoms. The summed E-state index contributed by atoms with van der Waals surface area (Å²) in [5, 5.41) is 9.46. The molecule has 4 rings (SSSR count). The summed E-state index contributed by atoms with van der Waals surface area (Å²) in [6.07, 6.45) is 0. The van der Waals surface area contributed by atoms with Crippen molar-refractivity contribution in [2.45, 2.75) is 6.67 Å². The van der Waals surface area contributed by atoms with Gasteiger partial charge in [-0.25, -0.2) is 9.07 Å². The number of halogens is 1. The van der Waals surface area contributed by atoms with Crippen LogP contribution in [-0.2, 0) is 6.67 Å². The third-order valence-electron chi connectivity index (χ3n) is 4.53. The van der Waals surface area contributed by atoms with E-state index in [2.05, 4.69) is 20.1 Å². The van der Waals surface area contributed by atoms with Crippen LogP contribution in [0.15, 0.2) is 48.5 Å². The SMILES string of the molecule is Fc1ccc(N2CCN(Cn3nnc4ccccc4c3=S)CC2)cc1. The topological polar surface area (TPSA) is 37.2 Å². The van der Waals surface area contributed by atoms with Crippen LogP contribution in [-0.4, -0.2) is 46.1 Å². The van der Waals surface area contributed by atoms with Crippen LogP contribution in [0, 0.1) is 10.5 Å². The van der Waals surface area contributed by atoms with Crippen molar-refractivity contribution in [2.75, 3.05) is 31.1 Å². The lowest BCUT2D eigenvalue weighted by Gasteiger charge is -2.36. The predicted octanol–water partition coefficient (Wildman–Crippen LogP) is 3.08. The second-order valence-electron chi connectivity index (χ2n) is 6.13. The fraction of sp³-hybridized carbons (Fsp3) is 0.278. The van der Waals surface area contributed by atoms with Gasteiger partial charge in [-0.3, -0.25) is 4.90 Å². The maximum absolute atomic E-state index is 13.1. The first-order valence-corrected chi connectivity index (χ1v) is 8.67. The molecule has 0 amide bonds. The first-order chi connectivity index (χ1) is 12.2. The maximum atomic E-state index is 13.1. The summed E-state index contributed by atoms with van der Waals surface area (Å²) < 4.78 is 15.6. The van der Waals surface area contributed by atoms with Crippen LogP contribution < -0.4 is 4.90 Å². The van der Waals surface area contributed by atoms with E-state index in [1.807, 2.05) is 36.4 Å². The molecule has 1 aliphatic heterocycles. The van der Waals surface area contributed by atoms with Gasteiger partial charge >= 0.3 is 0 Å². The Labute approximate surface area is 150 Å². The average Bonchev–Trinajstić information content (AvgIpc) is 2.66. The summed E-state index contributed by atoms with van der Waals surface area (Å²) in [6, 6.07) is 14.5. The van der Waals surface area contributed by atoms with Crippen LogP contribution in [0.2, 0.25) is 0 Å². The van der Waals surface area contributed by atoms with Crippen LogP contribution in [0.4, 0.5) is 10.1 Å². The van der Waals surface area contributed by atoms with Crippen LogP contribution in [0.25, 0.3) is 10.9 Å². The third kappa shape index (κ3) is 3.38. The molecule has 1 saturated heterocycles. The van der Waals surface area contributed by atoms with Gasteiger partial charge in [-0.2, -0.15) is 0 Å². The molecule has 0 aliphatic carbocycles. The predicted molar refractivity (Wildman–Crippen MR) is 98.5 cm³/mol. The fourth-order valence-electron chi connectivity index (χ4n) is 3.10. The molecule has 0 atom stereocenters. The van der Waals surface area contributed by atoms with Crippen molar-refractivity contribution in [1.82, 2.24) is 19.9 Å². The van der Waals surface area contributed by atoms with E-state index >= 15 is 0 Å². The highest BCUT2D eigenvalue weighted by atomic mass is 32.1. The summed E-state index contributed by atoms with van der Waals surface area (Å²) in [7, 11) is 0. The minimum Gasteiger partial charge on any atom is -0.369 e. The summed E-state index contributed by atoms with van der Waals surface area (Å²) in [4.78, 5) is 4.57. The summed E-state index contributed by atoms with van der Waals surface area (Å²) in [5.41, 5.74) is 1.88. The minimum absolute atomic E-state index is 0.202. The van der Waals surface area contributed by atoms with Gasteiger partial charge in [-0.15, -0.1) is 5.10 Å². The normalized spacial score (nSPS) is 15.6. The Kier molecular flexibility index (Phi) is 4.42. The molecule has 2 heterocycles. The smallest absolute Gasteiger partial charge is 0.135 e. The summed E-state index contributed by atoms with van der Waals surface area (Å²) >= 11 is 5.56. The lowest BCUT2D eigenvalue weighted by atomic mass is 10.2. The fourth-order valence-corrected chi connectivity index (χ4v) is 3.37. The number of aromatic nitrogens is 3. The van der Waals surface area contributed by atoms with Gasteiger partial charge in [0.25, 0.3) is 0 Å². The van der Waals surface area contributed by atoms with Gasteiger partial charge in [0.15, 0.2) is 0 Å². The maximum Gasteiger partial charge on any atom is 0.135 e. The number of nitrogens with zero attached hydrogens (tertiary/aromatic N) is 5. The molecule has 3 aromatic rings. The van der Waals surface area contributed by atoms with E-state index in [1.54, 1.807) is 4.68 Å². The molecular formula is C18H18FN5S. The molecule has 2 aromatic carbocycles. The van der Waals surface area contributed by atoms with Crippen LogP contribution in [0.3, 0.4) is 0 Å². The van der Waals surface area contributed by atoms with Crippen molar-refractivity contribution in [3.05, 3.63) is 59.0 Å². The Morgan fingerprint density at radius 1 is 0.960 bits per heavy atom. The molecule has 0 N–H and O–H groups in total. The monoisotopic (exact) mass is 355 g/mol. The lowest BCUT2D eigenvalue weighted by molar-refractivity contribution is 0.191. The van der Waals surface area contributed by atoms with E-state index in [4.69, 9.17) is 12.2 Å². The standard InChI is InChI=1S/C18H18FN5S/c19-14-5-7-15(8-6-14)23-11-9-22(10-12-23)13-24-18(25)16-3-1-2-4-17(16)20-21-24/h1-8H,9-13H2. The molecule has 0 unspecified atom stereocenters. The molecule has 1 aliphatic rings. The first-order valence-electron chi connectivity index (χ1n) is 8.26. The van der Waals surface area contributed by atoms with Gasteiger partial charge < -0.3 is 4.90 Å². The minimum atomic E-state index is -0.202. The Morgan fingerprint density at radius 3 is 2.44 bits per heavy atom. The molecule has 0 saturated carbocycles. The number of fused-ring (bicyclic) bond motifs is 1. The molecule has 128 valence electrons. The van der Waals surface area contributed by atoms with Crippen molar-refractivity contribution in [3.8, 4) is 0 Å².